The van der Waals surface area contributed by atoms with Crippen molar-refractivity contribution in [2.24, 2.45) is 10.4 Å². The number of aliphatic imine (C=N–C) groups is 1. The van der Waals surface area contributed by atoms with Crippen LogP contribution in [0.5, 0.6) is 0 Å². The molecule has 1 fully saturated rings. The van der Waals surface area contributed by atoms with Crippen LogP contribution in [0.15, 0.2) is 4.99 Å². The van der Waals surface area contributed by atoms with Crippen molar-refractivity contribution in [1.29, 1.82) is 0 Å². The maximum absolute atomic E-state index is 5.35. The number of nitrogens with one attached hydrogen (secondary N) is 1. The molecule has 0 aromatic carbocycles. The highest BCUT2D eigenvalue weighted by Gasteiger charge is 2.53. The fourth-order valence-corrected chi connectivity index (χ4v) is 2.29. The lowest BCUT2D eigenvalue weighted by Crippen LogP contribution is -2.72. The largest absolute Gasteiger partial charge is 0.382 e. The van der Waals surface area contributed by atoms with E-state index in [1.807, 2.05) is 6.92 Å². The van der Waals surface area contributed by atoms with Gasteiger partial charge in [0.2, 0.25) is 0 Å². The van der Waals surface area contributed by atoms with E-state index < -0.39 is 0 Å². The van der Waals surface area contributed by atoms with E-state index in [1.54, 1.807) is 0 Å². The van der Waals surface area contributed by atoms with Gasteiger partial charge in [-0.2, -0.15) is 0 Å². The molecule has 0 radical (unpaired) electrons. The molecule has 1 aliphatic rings. The molecule has 0 aliphatic carbocycles. The molecule has 0 unspecified atom stereocenters. The van der Waals surface area contributed by atoms with Crippen molar-refractivity contribution >= 4 is 29.9 Å². The van der Waals surface area contributed by atoms with Crippen LogP contribution >= 0.6 is 24.0 Å². The van der Waals surface area contributed by atoms with Gasteiger partial charge >= 0.3 is 0 Å². The standard InChI is InChI=1S/C15H31N3O.HI/c1-7-16-13(17-10-9-11-19-8-2)18-12-14(3,4)15(18,5)6;/h7-12H2,1-6H3,(H,16,17);1H. The Morgan fingerprint density at radius 3 is 2.35 bits per heavy atom. The quantitative estimate of drug-likeness (QED) is 0.324. The number of ether oxygens (including phenoxy) is 1. The van der Waals surface area contributed by atoms with Crippen LogP contribution in [0, 0.1) is 5.41 Å². The summed E-state index contributed by atoms with van der Waals surface area (Å²) in [6.45, 7) is 17.8. The van der Waals surface area contributed by atoms with Gasteiger partial charge < -0.3 is 15.0 Å². The van der Waals surface area contributed by atoms with Gasteiger partial charge in [-0.05, 0) is 34.1 Å². The third-order valence-corrected chi connectivity index (χ3v) is 4.39. The first-order valence-corrected chi connectivity index (χ1v) is 7.50. The summed E-state index contributed by atoms with van der Waals surface area (Å²) >= 11 is 0. The van der Waals surface area contributed by atoms with Crippen molar-refractivity contribution in [2.75, 3.05) is 32.8 Å². The summed E-state index contributed by atoms with van der Waals surface area (Å²) < 4.78 is 5.35. The van der Waals surface area contributed by atoms with Crippen molar-refractivity contribution in [2.45, 2.75) is 53.5 Å². The molecule has 120 valence electrons. The summed E-state index contributed by atoms with van der Waals surface area (Å²) in [5, 5.41) is 3.40. The number of hydrogen-bond donors (Lipinski definition) is 1. The van der Waals surface area contributed by atoms with E-state index in [1.165, 1.54) is 0 Å². The molecule has 1 heterocycles. The molecule has 0 amide bonds. The first-order valence-electron chi connectivity index (χ1n) is 7.50. The summed E-state index contributed by atoms with van der Waals surface area (Å²) in [7, 11) is 0. The zero-order chi connectivity index (χ0) is 14.5. The molecular weight excluding hydrogens is 365 g/mol. The third kappa shape index (κ3) is 4.48. The molecule has 20 heavy (non-hydrogen) atoms. The first-order chi connectivity index (χ1) is 8.86. The topological polar surface area (TPSA) is 36.9 Å². The van der Waals surface area contributed by atoms with Gasteiger partial charge in [0.1, 0.15) is 0 Å². The van der Waals surface area contributed by atoms with Crippen molar-refractivity contribution in [3.63, 3.8) is 0 Å². The van der Waals surface area contributed by atoms with Gasteiger partial charge in [-0.1, -0.05) is 13.8 Å². The molecule has 0 aromatic rings. The Hall–Kier alpha value is -0.0400. The van der Waals surface area contributed by atoms with Gasteiger partial charge in [-0.15, -0.1) is 24.0 Å². The molecule has 1 aliphatic heterocycles. The Bertz CT molecular complexity index is 316. The number of likely N-dealkylation sites (tertiary alicyclic amines) is 1. The number of halogens is 1. The number of rotatable bonds is 6. The summed E-state index contributed by atoms with van der Waals surface area (Å²) in [5.41, 5.74) is 0.502. The molecule has 5 heteroatoms. The number of hydrogen-bond acceptors (Lipinski definition) is 2. The molecule has 0 spiro atoms. The second-order valence-corrected chi connectivity index (χ2v) is 6.32. The third-order valence-electron chi connectivity index (χ3n) is 4.39. The molecular formula is C15H32IN3O. The summed E-state index contributed by atoms with van der Waals surface area (Å²) in [4.78, 5) is 7.11. The lowest BCUT2D eigenvalue weighted by atomic mass is 9.65. The lowest BCUT2D eigenvalue weighted by molar-refractivity contribution is -0.0667. The fourth-order valence-electron chi connectivity index (χ4n) is 2.29. The first kappa shape index (κ1) is 20.0. The molecule has 0 atom stereocenters. The van der Waals surface area contributed by atoms with Gasteiger partial charge in [0, 0.05) is 43.8 Å². The van der Waals surface area contributed by atoms with E-state index >= 15 is 0 Å². The second kappa shape index (κ2) is 8.41. The average Bonchev–Trinajstić information content (AvgIpc) is 2.34. The van der Waals surface area contributed by atoms with Gasteiger partial charge in [-0.3, -0.25) is 4.99 Å². The van der Waals surface area contributed by atoms with E-state index in [0.717, 1.165) is 45.2 Å². The maximum Gasteiger partial charge on any atom is 0.194 e. The zero-order valence-corrected chi connectivity index (χ0v) is 16.3. The van der Waals surface area contributed by atoms with Gasteiger partial charge in [0.05, 0.1) is 0 Å². The molecule has 1 rings (SSSR count). The molecule has 0 aromatic heterocycles. The molecule has 0 saturated carbocycles. The predicted molar refractivity (Wildman–Crippen MR) is 97.1 cm³/mol. The second-order valence-electron chi connectivity index (χ2n) is 6.32. The Morgan fingerprint density at radius 2 is 1.90 bits per heavy atom. The Balaban J connectivity index is 0.00000361. The monoisotopic (exact) mass is 397 g/mol. The Kier molecular flexibility index (Phi) is 8.40. The van der Waals surface area contributed by atoms with Crippen LogP contribution < -0.4 is 5.32 Å². The van der Waals surface area contributed by atoms with Gasteiger partial charge in [-0.25, -0.2) is 0 Å². The van der Waals surface area contributed by atoms with E-state index in [-0.39, 0.29) is 29.5 Å². The van der Waals surface area contributed by atoms with Gasteiger partial charge in [0.25, 0.3) is 0 Å². The molecule has 1 saturated heterocycles. The highest BCUT2D eigenvalue weighted by atomic mass is 127. The van der Waals surface area contributed by atoms with Crippen LogP contribution in [-0.4, -0.2) is 49.2 Å². The van der Waals surface area contributed by atoms with E-state index in [2.05, 4.69) is 44.8 Å². The zero-order valence-electron chi connectivity index (χ0n) is 14.0. The highest BCUT2D eigenvalue weighted by molar-refractivity contribution is 14.0. The summed E-state index contributed by atoms with van der Waals surface area (Å²) in [6.07, 6.45) is 0.987. The van der Waals surface area contributed by atoms with E-state index in [0.29, 0.717) is 5.41 Å². The minimum Gasteiger partial charge on any atom is -0.382 e. The van der Waals surface area contributed by atoms with Crippen LogP contribution in [0.4, 0.5) is 0 Å². The van der Waals surface area contributed by atoms with Crippen molar-refractivity contribution in [3.05, 3.63) is 0 Å². The number of guanidine groups is 1. The van der Waals surface area contributed by atoms with Crippen LogP contribution in [-0.2, 0) is 4.74 Å². The lowest BCUT2D eigenvalue weighted by Gasteiger charge is -2.62. The Labute approximate surface area is 141 Å². The van der Waals surface area contributed by atoms with Crippen molar-refractivity contribution in [3.8, 4) is 0 Å². The summed E-state index contributed by atoms with van der Waals surface area (Å²) in [5.74, 6) is 1.04. The Morgan fingerprint density at radius 1 is 1.25 bits per heavy atom. The van der Waals surface area contributed by atoms with Crippen molar-refractivity contribution < 1.29 is 4.74 Å². The molecule has 1 N–H and O–H groups in total. The van der Waals surface area contributed by atoms with Crippen LogP contribution in [0.2, 0.25) is 0 Å². The number of nitrogens with zero attached hydrogens (tertiary/aromatic N) is 2. The van der Waals surface area contributed by atoms with E-state index in [4.69, 9.17) is 9.73 Å². The normalized spacial score (nSPS) is 20.1. The van der Waals surface area contributed by atoms with Crippen LogP contribution in [0.3, 0.4) is 0 Å². The minimum absolute atomic E-state index is 0. The van der Waals surface area contributed by atoms with Crippen molar-refractivity contribution in [1.82, 2.24) is 10.2 Å². The fraction of sp³-hybridized carbons (Fsp3) is 0.933. The molecule has 4 nitrogen and oxygen atoms in total. The molecule has 0 bridgehead atoms. The highest BCUT2D eigenvalue weighted by Crippen LogP contribution is 2.46. The maximum atomic E-state index is 5.35. The average molecular weight is 397 g/mol. The minimum atomic E-state index is 0. The summed E-state index contributed by atoms with van der Waals surface area (Å²) in [6, 6.07) is 0. The van der Waals surface area contributed by atoms with Crippen LogP contribution in [0.1, 0.15) is 48.0 Å². The van der Waals surface area contributed by atoms with E-state index in [9.17, 15) is 0 Å². The van der Waals surface area contributed by atoms with Crippen LogP contribution in [0.25, 0.3) is 0 Å². The smallest absolute Gasteiger partial charge is 0.194 e. The SMILES string of the molecule is CCNC(=NCCCOCC)N1CC(C)(C)C1(C)C.I. The predicted octanol–water partition coefficient (Wildman–Crippen LogP) is 3.12. The van der Waals surface area contributed by atoms with Gasteiger partial charge in [0.15, 0.2) is 5.96 Å².